The Morgan fingerprint density at radius 3 is 2.08 bits per heavy atom. The SMILES string of the molecule is NC(=O)Oc1cc(F)c(F)c(F)c1. The Hall–Kier alpha value is -1.72. The number of carbonyl (C=O) groups is 1. The Morgan fingerprint density at radius 1 is 1.23 bits per heavy atom. The van der Waals surface area contributed by atoms with Crippen molar-refractivity contribution >= 4 is 6.09 Å². The minimum Gasteiger partial charge on any atom is -0.410 e. The Kier molecular flexibility index (Phi) is 2.41. The third-order valence-corrected chi connectivity index (χ3v) is 1.18. The van der Waals surface area contributed by atoms with Gasteiger partial charge in [-0.25, -0.2) is 18.0 Å². The van der Waals surface area contributed by atoms with E-state index in [1.165, 1.54) is 0 Å². The highest BCUT2D eigenvalue weighted by Gasteiger charge is 2.12. The van der Waals surface area contributed by atoms with Gasteiger partial charge in [0, 0.05) is 12.1 Å². The lowest BCUT2D eigenvalue weighted by Crippen LogP contribution is -2.16. The number of primary amides is 1. The highest BCUT2D eigenvalue weighted by Crippen LogP contribution is 2.18. The van der Waals surface area contributed by atoms with Gasteiger partial charge in [0.25, 0.3) is 0 Å². The first-order valence-electron chi connectivity index (χ1n) is 3.12. The molecule has 70 valence electrons. The first-order chi connectivity index (χ1) is 6.00. The fraction of sp³-hybridized carbons (Fsp3) is 0. The van der Waals surface area contributed by atoms with Crippen LogP contribution in [0.4, 0.5) is 18.0 Å². The molecule has 1 aromatic rings. The van der Waals surface area contributed by atoms with Gasteiger partial charge in [-0.2, -0.15) is 0 Å². The number of benzene rings is 1. The number of ether oxygens (including phenoxy) is 1. The zero-order valence-corrected chi connectivity index (χ0v) is 6.18. The van der Waals surface area contributed by atoms with Crippen LogP contribution in [-0.4, -0.2) is 6.09 Å². The van der Waals surface area contributed by atoms with Crippen molar-refractivity contribution in [2.45, 2.75) is 0 Å². The second kappa shape index (κ2) is 3.34. The summed E-state index contributed by atoms with van der Waals surface area (Å²) in [7, 11) is 0. The van der Waals surface area contributed by atoms with E-state index >= 15 is 0 Å². The van der Waals surface area contributed by atoms with E-state index in [9.17, 15) is 18.0 Å². The molecule has 1 amide bonds. The van der Waals surface area contributed by atoms with Gasteiger partial charge in [0.2, 0.25) is 0 Å². The molecule has 13 heavy (non-hydrogen) atoms. The first kappa shape index (κ1) is 9.37. The molecule has 0 aliphatic rings. The minimum absolute atomic E-state index is 0.483. The maximum absolute atomic E-state index is 12.4. The molecular weight excluding hydrogens is 187 g/mol. The summed E-state index contributed by atoms with van der Waals surface area (Å²) >= 11 is 0. The van der Waals surface area contributed by atoms with Crippen LogP contribution in [0.15, 0.2) is 12.1 Å². The highest BCUT2D eigenvalue weighted by molar-refractivity contribution is 5.67. The number of hydrogen-bond donors (Lipinski definition) is 1. The zero-order valence-electron chi connectivity index (χ0n) is 6.18. The number of halogens is 3. The lowest BCUT2D eigenvalue weighted by Gasteiger charge is -2.01. The molecule has 2 N–H and O–H groups in total. The average Bonchev–Trinajstić information content (AvgIpc) is 1.98. The number of rotatable bonds is 1. The molecule has 0 saturated carbocycles. The van der Waals surface area contributed by atoms with Crippen molar-refractivity contribution in [3.05, 3.63) is 29.6 Å². The van der Waals surface area contributed by atoms with E-state index in [0.717, 1.165) is 0 Å². The van der Waals surface area contributed by atoms with Gasteiger partial charge in [-0.15, -0.1) is 0 Å². The number of carbonyl (C=O) groups excluding carboxylic acids is 1. The maximum Gasteiger partial charge on any atom is 0.409 e. The van der Waals surface area contributed by atoms with Crippen LogP contribution in [-0.2, 0) is 0 Å². The smallest absolute Gasteiger partial charge is 0.409 e. The molecule has 1 aromatic carbocycles. The molecule has 0 unspecified atom stereocenters. The molecule has 0 atom stereocenters. The normalized spacial score (nSPS) is 9.77. The number of amides is 1. The predicted octanol–water partition coefficient (Wildman–Crippen LogP) is 1.56. The van der Waals surface area contributed by atoms with Crippen LogP contribution >= 0.6 is 0 Å². The Morgan fingerprint density at radius 2 is 1.69 bits per heavy atom. The van der Waals surface area contributed by atoms with E-state index in [-0.39, 0.29) is 0 Å². The van der Waals surface area contributed by atoms with Gasteiger partial charge in [0.1, 0.15) is 5.75 Å². The number of nitrogens with two attached hydrogens (primary N) is 1. The highest BCUT2D eigenvalue weighted by atomic mass is 19.2. The van der Waals surface area contributed by atoms with Crippen LogP contribution in [0.2, 0.25) is 0 Å². The molecule has 0 spiro atoms. The largest absolute Gasteiger partial charge is 0.410 e. The van der Waals surface area contributed by atoms with Crippen molar-refractivity contribution in [2.75, 3.05) is 0 Å². The van der Waals surface area contributed by atoms with Crippen LogP contribution in [0.25, 0.3) is 0 Å². The van der Waals surface area contributed by atoms with Gasteiger partial charge in [0.15, 0.2) is 17.5 Å². The maximum atomic E-state index is 12.4. The summed E-state index contributed by atoms with van der Waals surface area (Å²) < 4.78 is 41.3. The van der Waals surface area contributed by atoms with Gasteiger partial charge in [-0.3, -0.25) is 0 Å². The topological polar surface area (TPSA) is 52.3 Å². The summed E-state index contributed by atoms with van der Waals surface area (Å²) in [6.45, 7) is 0. The fourth-order valence-electron chi connectivity index (χ4n) is 0.707. The van der Waals surface area contributed by atoms with E-state index in [0.29, 0.717) is 12.1 Å². The Labute approximate surface area is 70.9 Å². The molecule has 1 rings (SSSR count). The molecule has 0 saturated heterocycles. The fourth-order valence-corrected chi connectivity index (χ4v) is 0.707. The molecule has 0 heterocycles. The summed E-state index contributed by atoms with van der Waals surface area (Å²) in [4.78, 5) is 10.1. The molecule has 0 radical (unpaired) electrons. The van der Waals surface area contributed by atoms with Gasteiger partial charge in [-0.05, 0) is 0 Å². The lowest BCUT2D eigenvalue weighted by atomic mass is 10.3. The summed E-state index contributed by atoms with van der Waals surface area (Å²) in [5.74, 6) is -5.01. The van der Waals surface area contributed by atoms with E-state index < -0.39 is 29.3 Å². The lowest BCUT2D eigenvalue weighted by molar-refractivity contribution is 0.210. The van der Waals surface area contributed by atoms with Gasteiger partial charge in [-0.1, -0.05) is 0 Å². The van der Waals surface area contributed by atoms with E-state index in [1.54, 1.807) is 0 Å². The van der Waals surface area contributed by atoms with Crippen molar-refractivity contribution in [3.8, 4) is 5.75 Å². The van der Waals surface area contributed by atoms with Crippen LogP contribution in [0.1, 0.15) is 0 Å². The molecule has 0 bridgehead atoms. The summed E-state index contributed by atoms with van der Waals surface area (Å²) in [6.07, 6.45) is -1.23. The number of hydrogen-bond acceptors (Lipinski definition) is 2. The van der Waals surface area contributed by atoms with Crippen LogP contribution in [0, 0.1) is 17.5 Å². The van der Waals surface area contributed by atoms with Crippen molar-refractivity contribution in [1.29, 1.82) is 0 Å². The second-order valence-corrected chi connectivity index (χ2v) is 2.12. The summed E-state index contributed by atoms with van der Waals surface area (Å²) in [5, 5.41) is 0. The van der Waals surface area contributed by atoms with Gasteiger partial charge >= 0.3 is 6.09 Å². The Bertz CT molecular complexity index is 331. The first-order valence-corrected chi connectivity index (χ1v) is 3.12. The molecule has 3 nitrogen and oxygen atoms in total. The van der Waals surface area contributed by atoms with Crippen molar-refractivity contribution in [3.63, 3.8) is 0 Å². The standard InChI is InChI=1S/C7H4F3NO2/c8-4-1-3(13-7(11)12)2-5(9)6(4)10/h1-2H,(H2,11,12). The Balaban J connectivity index is 3.06. The minimum atomic E-state index is -1.63. The van der Waals surface area contributed by atoms with E-state index in [1.807, 2.05) is 0 Å². The van der Waals surface area contributed by atoms with Crippen molar-refractivity contribution < 1.29 is 22.7 Å². The quantitative estimate of drug-likeness (QED) is 0.685. The van der Waals surface area contributed by atoms with E-state index in [4.69, 9.17) is 0 Å². The molecule has 6 heteroatoms. The molecular formula is C7H4F3NO2. The average molecular weight is 191 g/mol. The third-order valence-electron chi connectivity index (χ3n) is 1.18. The zero-order chi connectivity index (χ0) is 10.0. The van der Waals surface area contributed by atoms with Crippen LogP contribution < -0.4 is 10.5 Å². The van der Waals surface area contributed by atoms with Gasteiger partial charge < -0.3 is 10.5 Å². The molecule has 0 fully saturated rings. The van der Waals surface area contributed by atoms with Crippen LogP contribution in [0.5, 0.6) is 5.75 Å². The molecule has 0 aliphatic carbocycles. The third kappa shape index (κ3) is 2.11. The van der Waals surface area contributed by atoms with E-state index in [2.05, 4.69) is 10.5 Å². The van der Waals surface area contributed by atoms with Crippen LogP contribution in [0.3, 0.4) is 0 Å². The van der Waals surface area contributed by atoms with Gasteiger partial charge in [0.05, 0.1) is 0 Å². The molecule has 0 aromatic heterocycles. The van der Waals surface area contributed by atoms with Crippen molar-refractivity contribution in [1.82, 2.24) is 0 Å². The monoisotopic (exact) mass is 191 g/mol. The summed E-state index contributed by atoms with van der Waals surface area (Å²) in [5.41, 5.74) is 4.56. The van der Waals surface area contributed by atoms with Crippen molar-refractivity contribution in [2.24, 2.45) is 5.73 Å². The molecule has 0 aliphatic heterocycles. The second-order valence-electron chi connectivity index (χ2n) is 2.12. The summed E-state index contributed by atoms with van der Waals surface area (Å²) in [6, 6.07) is 1.03. The predicted molar refractivity (Wildman–Crippen MR) is 36.5 cm³/mol.